The van der Waals surface area contributed by atoms with E-state index in [1.165, 1.54) is 6.08 Å². The van der Waals surface area contributed by atoms with E-state index in [1.54, 1.807) is 32.2 Å². The van der Waals surface area contributed by atoms with Crippen molar-refractivity contribution in [1.29, 1.82) is 0 Å². The molecule has 0 aliphatic carbocycles. The Morgan fingerprint density at radius 1 is 1.43 bits per heavy atom. The van der Waals surface area contributed by atoms with Gasteiger partial charge in [-0.15, -0.1) is 0 Å². The van der Waals surface area contributed by atoms with Gasteiger partial charge in [-0.05, 0) is 29.7 Å². The van der Waals surface area contributed by atoms with Crippen LogP contribution in [-0.4, -0.2) is 30.1 Å². The summed E-state index contributed by atoms with van der Waals surface area (Å²) >= 11 is 0. The molecule has 0 heterocycles. The Morgan fingerprint density at radius 2 is 2.14 bits per heavy atom. The second kappa shape index (κ2) is 8.09. The average Bonchev–Trinajstić information content (AvgIpc) is 2.49. The molecule has 2 N–H and O–H groups in total. The van der Waals surface area contributed by atoms with Crippen LogP contribution in [0.3, 0.4) is 0 Å². The molecule has 1 unspecified atom stereocenters. The van der Waals surface area contributed by atoms with E-state index in [2.05, 4.69) is 5.32 Å². The van der Waals surface area contributed by atoms with Crippen LogP contribution in [0.1, 0.15) is 25.8 Å². The highest BCUT2D eigenvalue weighted by Crippen LogP contribution is 2.13. The number of ether oxygens (including phenoxy) is 1. The van der Waals surface area contributed by atoms with Gasteiger partial charge in [0.05, 0.1) is 7.11 Å². The van der Waals surface area contributed by atoms with E-state index in [-0.39, 0.29) is 5.92 Å². The number of amides is 1. The lowest BCUT2D eigenvalue weighted by Gasteiger charge is -2.19. The molecule has 5 nitrogen and oxygen atoms in total. The Morgan fingerprint density at radius 3 is 2.71 bits per heavy atom. The first-order valence-corrected chi connectivity index (χ1v) is 6.83. The summed E-state index contributed by atoms with van der Waals surface area (Å²) in [5.41, 5.74) is 0.805. The quantitative estimate of drug-likeness (QED) is 0.756. The fraction of sp³-hybridized carbons (Fsp3) is 0.375. The van der Waals surface area contributed by atoms with Crippen molar-refractivity contribution in [3.63, 3.8) is 0 Å². The third-order valence-corrected chi connectivity index (χ3v) is 3.30. The van der Waals surface area contributed by atoms with E-state index in [9.17, 15) is 9.59 Å². The second-order valence-electron chi connectivity index (χ2n) is 4.82. The third-order valence-electron chi connectivity index (χ3n) is 3.30. The predicted molar refractivity (Wildman–Crippen MR) is 81.0 cm³/mol. The van der Waals surface area contributed by atoms with E-state index >= 15 is 0 Å². The number of hydrogen-bond donors (Lipinski definition) is 2. The molecule has 0 bridgehead atoms. The average molecular weight is 291 g/mol. The fourth-order valence-electron chi connectivity index (χ4n) is 1.80. The summed E-state index contributed by atoms with van der Waals surface area (Å²) in [6.07, 6.45) is 3.62. The molecule has 0 saturated heterocycles. The lowest BCUT2D eigenvalue weighted by Crippen LogP contribution is -2.44. The largest absolute Gasteiger partial charge is 0.497 e. The van der Waals surface area contributed by atoms with E-state index in [0.29, 0.717) is 12.2 Å². The highest BCUT2D eigenvalue weighted by molar-refractivity contribution is 5.94. The van der Waals surface area contributed by atoms with Crippen molar-refractivity contribution >= 4 is 18.0 Å². The molecular formula is C16H21NO4. The highest BCUT2D eigenvalue weighted by atomic mass is 16.5. The first-order valence-electron chi connectivity index (χ1n) is 6.83. The molecule has 0 aliphatic rings. The van der Waals surface area contributed by atoms with Crippen molar-refractivity contribution in [3.8, 4) is 5.75 Å². The van der Waals surface area contributed by atoms with Crippen LogP contribution in [-0.2, 0) is 9.59 Å². The Hall–Kier alpha value is -2.30. The van der Waals surface area contributed by atoms with Gasteiger partial charge in [-0.2, -0.15) is 0 Å². The lowest BCUT2D eigenvalue weighted by atomic mass is 9.99. The molecule has 5 heteroatoms. The summed E-state index contributed by atoms with van der Waals surface area (Å²) in [4.78, 5) is 23.0. The molecule has 21 heavy (non-hydrogen) atoms. The summed E-state index contributed by atoms with van der Waals surface area (Å²) in [6.45, 7) is 3.68. The number of aliphatic carboxylic acids is 1. The molecular weight excluding hydrogens is 270 g/mol. The van der Waals surface area contributed by atoms with E-state index < -0.39 is 17.9 Å². The number of hydrogen-bond acceptors (Lipinski definition) is 3. The van der Waals surface area contributed by atoms with Crippen molar-refractivity contribution < 1.29 is 19.4 Å². The SMILES string of the molecule is CCC(C)[C@H](NC(=O)/C=C/c1cccc(OC)c1)C(=O)O. The van der Waals surface area contributed by atoms with Crippen LogP contribution in [0.2, 0.25) is 0 Å². The number of carbonyl (C=O) groups is 2. The zero-order valence-corrected chi connectivity index (χ0v) is 12.5. The van der Waals surface area contributed by atoms with Crippen molar-refractivity contribution in [1.82, 2.24) is 5.32 Å². The molecule has 0 aromatic heterocycles. The predicted octanol–water partition coefficient (Wildman–Crippen LogP) is 2.32. The number of nitrogens with one attached hydrogen (secondary N) is 1. The molecule has 1 rings (SSSR count). The van der Waals surface area contributed by atoms with Gasteiger partial charge in [-0.3, -0.25) is 4.79 Å². The van der Waals surface area contributed by atoms with Crippen LogP contribution in [0.25, 0.3) is 6.08 Å². The Balaban J connectivity index is 2.71. The number of carbonyl (C=O) groups excluding carboxylic acids is 1. The minimum Gasteiger partial charge on any atom is -0.497 e. The lowest BCUT2D eigenvalue weighted by molar-refractivity contribution is -0.142. The van der Waals surface area contributed by atoms with Gasteiger partial charge >= 0.3 is 5.97 Å². The van der Waals surface area contributed by atoms with Gasteiger partial charge in [0.1, 0.15) is 11.8 Å². The number of benzene rings is 1. The molecule has 114 valence electrons. The van der Waals surface area contributed by atoms with Crippen molar-refractivity contribution in [2.75, 3.05) is 7.11 Å². The maximum absolute atomic E-state index is 11.8. The summed E-state index contributed by atoms with van der Waals surface area (Å²) in [6, 6.07) is 6.36. The van der Waals surface area contributed by atoms with Crippen LogP contribution in [0, 0.1) is 5.92 Å². The Bertz CT molecular complexity index is 525. The third kappa shape index (κ3) is 5.30. The monoisotopic (exact) mass is 291 g/mol. The fourth-order valence-corrected chi connectivity index (χ4v) is 1.80. The summed E-state index contributed by atoms with van der Waals surface area (Å²) in [5.74, 6) is -0.879. The number of carboxylic acid groups (broad SMARTS) is 1. The van der Waals surface area contributed by atoms with Gasteiger partial charge in [0.15, 0.2) is 0 Å². The molecule has 1 aromatic carbocycles. The Kier molecular flexibility index (Phi) is 6.46. The molecule has 0 saturated carbocycles. The second-order valence-corrected chi connectivity index (χ2v) is 4.82. The summed E-state index contributed by atoms with van der Waals surface area (Å²) in [7, 11) is 1.57. The van der Waals surface area contributed by atoms with Crippen LogP contribution >= 0.6 is 0 Å². The van der Waals surface area contributed by atoms with Crippen LogP contribution in [0.15, 0.2) is 30.3 Å². The van der Waals surface area contributed by atoms with E-state index in [1.807, 2.05) is 19.1 Å². The Labute approximate surface area is 124 Å². The molecule has 2 atom stereocenters. The molecule has 0 radical (unpaired) electrons. The number of carboxylic acids is 1. The van der Waals surface area contributed by atoms with Crippen LogP contribution in [0.4, 0.5) is 0 Å². The van der Waals surface area contributed by atoms with Gasteiger partial charge in [-0.1, -0.05) is 32.4 Å². The zero-order valence-electron chi connectivity index (χ0n) is 12.5. The molecule has 1 aromatic rings. The van der Waals surface area contributed by atoms with E-state index in [0.717, 1.165) is 5.56 Å². The first-order chi connectivity index (χ1) is 9.97. The summed E-state index contributed by atoms with van der Waals surface area (Å²) < 4.78 is 5.09. The highest BCUT2D eigenvalue weighted by Gasteiger charge is 2.24. The normalized spacial score (nSPS) is 13.7. The molecule has 1 amide bonds. The van der Waals surface area contributed by atoms with Crippen LogP contribution < -0.4 is 10.1 Å². The smallest absolute Gasteiger partial charge is 0.326 e. The van der Waals surface area contributed by atoms with Gasteiger partial charge < -0.3 is 15.2 Å². The number of rotatable bonds is 7. The first kappa shape index (κ1) is 16.8. The minimum absolute atomic E-state index is 0.128. The summed E-state index contributed by atoms with van der Waals surface area (Å²) in [5, 5.41) is 11.6. The van der Waals surface area contributed by atoms with Gasteiger partial charge in [0.2, 0.25) is 5.91 Å². The molecule has 0 spiro atoms. The number of methoxy groups -OCH3 is 1. The van der Waals surface area contributed by atoms with Crippen molar-refractivity contribution in [2.45, 2.75) is 26.3 Å². The van der Waals surface area contributed by atoms with Gasteiger partial charge in [0.25, 0.3) is 0 Å². The zero-order chi connectivity index (χ0) is 15.8. The van der Waals surface area contributed by atoms with Crippen LogP contribution in [0.5, 0.6) is 5.75 Å². The maximum atomic E-state index is 11.8. The standard InChI is InChI=1S/C16H21NO4/c1-4-11(2)15(16(19)20)17-14(18)9-8-12-6-5-7-13(10-12)21-3/h5-11,15H,4H2,1-3H3,(H,17,18)(H,19,20)/b9-8+/t11?,15-/m0/s1. The molecule has 0 aliphatic heterocycles. The van der Waals surface area contributed by atoms with Gasteiger partial charge in [0, 0.05) is 6.08 Å². The maximum Gasteiger partial charge on any atom is 0.326 e. The topological polar surface area (TPSA) is 75.6 Å². The minimum atomic E-state index is -1.02. The van der Waals surface area contributed by atoms with Gasteiger partial charge in [-0.25, -0.2) is 4.79 Å². The van der Waals surface area contributed by atoms with E-state index in [4.69, 9.17) is 9.84 Å². The molecule has 0 fully saturated rings. The van der Waals surface area contributed by atoms with Crippen molar-refractivity contribution in [2.24, 2.45) is 5.92 Å². The van der Waals surface area contributed by atoms with Crippen molar-refractivity contribution in [3.05, 3.63) is 35.9 Å².